The highest BCUT2D eigenvalue weighted by molar-refractivity contribution is 6.38. The zero-order chi connectivity index (χ0) is 33.5. The molecule has 2 aromatic rings. The fraction of sp³-hybridized carbons (Fsp3) is 0.471. The number of nitrogens with one attached hydrogen (secondary N) is 4. The molecule has 0 aromatic heterocycles. The van der Waals surface area contributed by atoms with Crippen molar-refractivity contribution in [2.24, 2.45) is 5.92 Å². The van der Waals surface area contributed by atoms with Gasteiger partial charge in [-0.15, -0.1) is 0 Å². The fourth-order valence-corrected chi connectivity index (χ4v) is 5.07. The number of ether oxygens (including phenoxy) is 1. The maximum absolute atomic E-state index is 13.7. The second-order valence-corrected chi connectivity index (χ2v) is 11.9. The van der Waals surface area contributed by atoms with E-state index in [0.29, 0.717) is 13.1 Å². The summed E-state index contributed by atoms with van der Waals surface area (Å²) in [6.07, 6.45) is 2.05. The lowest BCUT2D eigenvalue weighted by molar-refractivity contribution is -0.147. The van der Waals surface area contributed by atoms with Crippen LogP contribution in [0, 0.1) is 5.92 Å². The molecule has 12 nitrogen and oxygen atoms in total. The van der Waals surface area contributed by atoms with Crippen molar-refractivity contribution >= 4 is 35.5 Å². The highest BCUT2D eigenvalue weighted by Crippen LogP contribution is 2.12. The number of nitrogens with zero attached hydrogens (tertiary/aromatic N) is 1. The zero-order valence-corrected chi connectivity index (χ0v) is 26.8. The summed E-state index contributed by atoms with van der Waals surface area (Å²) in [5, 5.41) is 10.5. The van der Waals surface area contributed by atoms with Crippen molar-refractivity contribution in [3.05, 3.63) is 71.8 Å². The van der Waals surface area contributed by atoms with E-state index in [1.54, 1.807) is 24.3 Å². The van der Waals surface area contributed by atoms with Crippen LogP contribution < -0.4 is 21.3 Å². The van der Waals surface area contributed by atoms with E-state index in [1.165, 1.54) is 11.8 Å². The zero-order valence-electron chi connectivity index (χ0n) is 26.8. The van der Waals surface area contributed by atoms with Crippen LogP contribution >= 0.6 is 0 Å². The quantitative estimate of drug-likeness (QED) is 0.218. The van der Waals surface area contributed by atoms with Crippen molar-refractivity contribution in [1.82, 2.24) is 26.2 Å². The van der Waals surface area contributed by atoms with Crippen molar-refractivity contribution < 1.29 is 33.5 Å². The highest BCUT2D eigenvalue weighted by atomic mass is 16.5. The molecule has 46 heavy (non-hydrogen) atoms. The van der Waals surface area contributed by atoms with E-state index in [0.717, 1.165) is 30.4 Å². The Balaban J connectivity index is 1.77. The van der Waals surface area contributed by atoms with Crippen LogP contribution in [-0.4, -0.2) is 78.2 Å². The second kappa shape index (κ2) is 18.3. The lowest BCUT2D eigenvalue weighted by atomic mass is 10.0. The highest BCUT2D eigenvalue weighted by Gasteiger charge is 2.34. The molecule has 5 amide bonds. The summed E-state index contributed by atoms with van der Waals surface area (Å²) in [7, 11) is 0. The number of likely N-dealkylation sites (tertiary alicyclic amines) is 1. The van der Waals surface area contributed by atoms with Crippen molar-refractivity contribution in [2.75, 3.05) is 19.6 Å². The first-order valence-corrected chi connectivity index (χ1v) is 15.7. The van der Waals surface area contributed by atoms with E-state index < -0.39 is 53.6 Å². The van der Waals surface area contributed by atoms with Gasteiger partial charge in [-0.25, -0.2) is 4.79 Å². The molecule has 0 aliphatic carbocycles. The van der Waals surface area contributed by atoms with E-state index in [2.05, 4.69) is 21.3 Å². The van der Waals surface area contributed by atoms with Gasteiger partial charge in [0, 0.05) is 33.0 Å². The van der Waals surface area contributed by atoms with Gasteiger partial charge in [-0.05, 0) is 42.7 Å². The molecule has 0 spiro atoms. The maximum Gasteiger partial charge on any atom is 0.408 e. The molecule has 12 heteroatoms. The maximum atomic E-state index is 13.7. The third-order valence-corrected chi connectivity index (χ3v) is 7.49. The van der Waals surface area contributed by atoms with E-state index >= 15 is 0 Å². The number of carbonyl (C=O) groups excluding carboxylic acids is 6. The average molecular weight is 636 g/mol. The minimum atomic E-state index is -1.35. The first-order chi connectivity index (χ1) is 22.0. The molecule has 1 heterocycles. The second-order valence-electron chi connectivity index (χ2n) is 11.9. The number of carbonyl (C=O) groups is 6. The molecule has 1 saturated heterocycles. The molecule has 1 fully saturated rings. The number of hydrogen-bond acceptors (Lipinski definition) is 7. The Kier molecular flexibility index (Phi) is 14.2. The van der Waals surface area contributed by atoms with E-state index in [4.69, 9.17) is 4.74 Å². The van der Waals surface area contributed by atoms with Crippen LogP contribution in [0.5, 0.6) is 0 Å². The number of rotatable bonds is 15. The molecule has 0 unspecified atom stereocenters. The Labute approximate surface area is 270 Å². The number of alkyl carbamates (subject to hydrolysis) is 1. The first kappa shape index (κ1) is 35.7. The average Bonchev–Trinajstić information content (AvgIpc) is 3.05. The van der Waals surface area contributed by atoms with Crippen LogP contribution in [0.3, 0.4) is 0 Å². The van der Waals surface area contributed by atoms with Crippen molar-refractivity contribution in [3.63, 3.8) is 0 Å². The largest absolute Gasteiger partial charge is 0.445 e. The molecule has 248 valence electrons. The van der Waals surface area contributed by atoms with Crippen molar-refractivity contribution in [1.29, 1.82) is 0 Å². The minimum Gasteiger partial charge on any atom is -0.445 e. The number of Topliss-reactive ketones (excluding diaryl/α,β-unsaturated/α-hetero) is 1. The summed E-state index contributed by atoms with van der Waals surface area (Å²) in [4.78, 5) is 79.5. The van der Waals surface area contributed by atoms with Crippen LogP contribution in [0.15, 0.2) is 60.7 Å². The summed E-state index contributed by atoms with van der Waals surface area (Å²) < 4.78 is 5.32. The topological polar surface area (TPSA) is 163 Å². The minimum absolute atomic E-state index is 0.00651. The molecule has 4 N–H and O–H groups in total. The summed E-state index contributed by atoms with van der Waals surface area (Å²) in [5.74, 6) is -3.35. The van der Waals surface area contributed by atoms with Crippen molar-refractivity contribution in [3.8, 4) is 0 Å². The fourth-order valence-electron chi connectivity index (χ4n) is 5.07. The smallest absolute Gasteiger partial charge is 0.408 e. The number of ketones is 1. The van der Waals surface area contributed by atoms with Crippen LogP contribution in [-0.2, 0) is 41.7 Å². The Morgan fingerprint density at radius 3 is 1.89 bits per heavy atom. The Bertz CT molecular complexity index is 1330. The van der Waals surface area contributed by atoms with Gasteiger partial charge in [0.05, 0.1) is 0 Å². The third kappa shape index (κ3) is 12.0. The van der Waals surface area contributed by atoms with Crippen LogP contribution in [0.2, 0.25) is 0 Å². The Morgan fingerprint density at radius 1 is 0.739 bits per heavy atom. The molecule has 3 atom stereocenters. The normalized spacial score (nSPS) is 14.7. The van der Waals surface area contributed by atoms with E-state index in [9.17, 15) is 28.8 Å². The van der Waals surface area contributed by atoms with Gasteiger partial charge in [0.2, 0.25) is 23.5 Å². The Morgan fingerprint density at radius 2 is 1.30 bits per heavy atom. The van der Waals surface area contributed by atoms with E-state index in [1.807, 2.05) is 50.2 Å². The first-order valence-electron chi connectivity index (χ1n) is 15.7. The molecular weight excluding hydrogens is 590 g/mol. The summed E-state index contributed by atoms with van der Waals surface area (Å²) in [5.41, 5.74) is 1.51. The predicted molar refractivity (Wildman–Crippen MR) is 171 cm³/mol. The molecule has 3 rings (SSSR count). The molecular formula is C34H45N5O7. The van der Waals surface area contributed by atoms with E-state index in [-0.39, 0.29) is 31.9 Å². The number of piperidine rings is 1. The molecule has 1 aliphatic heterocycles. The molecule has 2 aromatic carbocycles. The van der Waals surface area contributed by atoms with Gasteiger partial charge in [0.1, 0.15) is 24.7 Å². The summed E-state index contributed by atoms with van der Waals surface area (Å²) in [6.45, 7) is 5.65. The van der Waals surface area contributed by atoms with Crippen LogP contribution in [0.4, 0.5) is 4.79 Å². The van der Waals surface area contributed by atoms with Crippen LogP contribution in [0.1, 0.15) is 57.6 Å². The van der Waals surface area contributed by atoms with Gasteiger partial charge in [-0.1, -0.05) is 74.5 Å². The standard InChI is InChI=1S/C34H45N5O7/c1-23(2)19-27(38-34(45)46-22-26-15-9-5-10-16-26)31(42)36-28(20-25-13-7-4-8-14-25)32(43)37-29(21-35-24(3)40)30(41)33(44)39-17-11-6-12-18-39/h4-5,7-10,13-16,23,27-29H,6,11-12,17-22H2,1-3H3,(H,35,40)(H,36,42)(H,37,43)(H,38,45)/t27-,28-,29-/m0/s1. The number of benzene rings is 2. The van der Waals surface area contributed by atoms with Gasteiger partial charge in [-0.3, -0.25) is 24.0 Å². The molecule has 0 saturated carbocycles. The Hall–Kier alpha value is -4.74. The lowest BCUT2D eigenvalue weighted by Gasteiger charge is -2.29. The van der Waals surface area contributed by atoms with Gasteiger partial charge >= 0.3 is 6.09 Å². The SMILES string of the molecule is CC(=O)NC[C@H](NC(=O)[C@H](Cc1ccccc1)NC(=O)[C@H](CC(C)C)NC(=O)OCc1ccccc1)C(=O)C(=O)N1CCCCC1. The van der Waals surface area contributed by atoms with Crippen LogP contribution in [0.25, 0.3) is 0 Å². The monoisotopic (exact) mass is 635 g/mol. The molecule has 0 bridgehead atoms. The summed E-state index contributed by atoms with van der Waals surface area (Å²) >= 11 is 0. The molecule has 0 radical (unpaired) electrons. The van der Waals surface area contributed by atoms with Gasteiger partial charge < -0.3 is 30.9 Å². The predicted octanol–water partition coefficient (Wildman–Crippen LogP) is 2.26. The summed E-state index contributed by atoms with van der Waals surface area (Å²) in [6, 6.07) is 14.5. The third-order valence-electron chi connectivity index (χ3n) is 7.49. The number of amides is 5. The van der Waals surface area contributed by atoms with Gasteiger partial charge in [0.15, 0.2) is 0 Å². The number of hydrogen-bond donors (Lipinski definition) is 4. The van der Waals surface area contributed by atoms with Crippen molar-refractivity contribution in [2.45, 2.75) is 77.6 Å². The van der Waals surface area contributed by atoms with Gasteiger partial charge in [0.25, 0.3) is 5.91 Å². The lowest BCUT2D eigenvalue weighted by Crippen LogP contribution is -2.59. The molecule has 1 aliphatic rings. The van der Waals surface area contributed by atoms with Gasteiger partial charge in [-0.2, -0.15) is 0 Å².